The van der Waals surface area contributed by atoms with Gasteiger partial charge in [-0.2, -0.15) is 4.31 Å². The van der Waals surface area contributed by atoms with E-state index < -0.39 is 10.0 Å². The molecule has 3 aliphatic rings. The SMILES string of the molecule is O=c1[nH]c(C2CC2)nc2c1CCC21CCCN(S(=O)(=O)c2ccccc2)C1. The van der Waals surface area contributed by atoms with Crippen molar-refractivity contribution >= 4 is 10.0 Å². The van der Waals surface area contributed by atoms with E-state index in [-0.39, 0.29) is 11.0 Å². The van der Waals surface area contributed by atoms with Crippen LogP contribution < -0.4 is 5.56 Å². The molecule has 0 radical (unpaired) electrons. The number of nitrogens with one attached hydrogen (secondary N) is 1. The first kappa shape index (κ1) is 17.1. The van der Waals surface area contributed by atoms with E-state index in [0.717, 1.165) is 49.2 Å². The molecule has 1 spiro atoms. The second-order valence-corrected chi connectivity index (χ2v) is 10.0. The number of aromatic amines is 1. The van der Waals surface area contributed by atoms with Crippen molar-refractivity contribution in [2.75, 3.05) is 13.1 Å². The second kappa shape index (κ2) is 6.01. The summed E-state index contributed by atoms with van der Waals surface area (Å²) in [6.45, 7) is 0.935. The summed E-state index contributed by atoms with van der Waals surface area (Å²) in [5, 5.41) is 0. The first-order chi connectivity index (χ1) is 13.0. The number of hydrogen-bond acceptors (Lipinski definition) is 4. The zero-order valence-corrected chi connectivity index (χ0v) is 16.0. The van der Waals surface area contributed by atoms with Crippen molar-refractivity contribution in [2.24, 2.45) is 0 Å². The maximum Gasteiger partial charge on any atom is 0.254 e. The molecule has 6 nitrogen and oxygen atoms in total. The van der Waals surface area contributed by atoms with Crippen LogP contribution in [0.15, 0.2) is 40.0 Å². The first-order valence-electron chi connectivity index (χ1n) is 9.68. The molecular weight excluding hydrogens is 362 g/mol. The van der Waals surface area contributed by atoms with Crippen LogP contribution in [-0.4, -0.2) is 35.8 Å². The maximum atomic E-state index is 13.1. The fraction of sp³-hybridized carbons (Fsp3) is 0.500. The van der Waals surface area contributed by atoms with Gasteiger partial charge in [-0.15, -0.1) is 0 Å². The number of rotatable bonds is 3. The summed E-state index contributed by atoms with van der Waals surface area (Å²) in [5.74, 6) is 1.16. The van der Waals surface area contributed by atoms with Gasteiger partial charge in [0.25, 0.3) is 5.56 Å². The number of fused-ring (bicyclic) bond motifs is 2. The smallest absolute Gasteiger partial charge is 0.254 e. The van der Waals surface area contributed by atoms with Crippen LogP contribution in [0, 0.1) is 0 Å². The van der Waals surface area contributed by atoms with Gasteiger partial charge in [0.1, 0.15) is 5.82 Å². The summed E-state index contributed by atoms with van der Waals surface area (Å²) in [5.41, 5.74) is 1.27. The molecule has 0 bridgehead atoms. The van der Waals surface area contributed by atoms with Crippen molar-refractivity contribution in [1.29, 1.82) is 0 Å². The summed E-state index contributed by atoms with van der Waals surface area (Å²) in [4.78, 5) is 20.7. The monoisotopic (exact) mass is 385 g/mol. The summed E-state index contributed by atoms with van der Waals surface area (Å²) < 4.78 is 27.9. The predicted octanol–water partition coefficient (Wildman–Crippen LogP) is 2.32. The molecule has 7 heteroatoms. The Balaban J connectivity index is 1.53. The van der Waals surface area contributed by atoms with Gasteiger partial charge in [-0.1, -0.05) is 18.2 Å². The molecular formula is C20H23N3O3S. The highest BCUT2D eigenvalue weighted by Crippen LogP contribution is 2.45. The molecule has 1 atom stereocenters. The van der Waals surface area contributed by atoms with Crippen molar-refractivity contribution in [1.82, 2.24) is 14.3 Å². The lowest BCUT2D eigenvalue weighted by Crippen LogP contribution is -2.48. The maximum absolute atomic E-state index is 13.1. The first-order valence-corrected chi connectivity index (χ1v) is 11.1. The van der Waals surface area contributed by atoms with Gasteiger partial charge in [-0.25, -0.2) is 13.4 Å². The van der Waals surface area contributed by atoms with Crippen molar-refractivity contribution in [3.63, 3.8) is 0 Å². The summed E-state index contributed by atoms with van der Waals surface area (Å²) in [6.07, 6.45) is 5.31. The van der Waals surface area contributed by atoms with Crippen LogP contribution in [0.1, 0.15) is 55.1 Å². The van der Waals surface area contributed by atoms with Gasteiger partial charge in [0, 0.05) is 30.0 Å². The number of benzene rings is 1. The van der Waals surface area contributed by atoms with Gasteiger partial charge in [-0.3, -0.25) is 4.79 Å². The molecule has 1 N–H and O–H groups in total. The predicted molar refractivity (Wildman–Crippen MR) is 101 cm³/mol. The lowest BCUT2D eigenvalue weighted by atomic mass is 9.78. The van der Waals surface area contributed by atoms with E-state index in [9.17, 15) is 13.2 Å². The molecule has 1 saturated carbocycles. The molecule has 0 amide bonds. The van der Waals surface area contributed by atoms with Crippen LogP contribution in [0.4, 0.5) is 0 Å². The fourth-order valence-corrected chi connectivity index (χ4v) is 6.24. The number of aromatic nitrogens is 2. The topological polar surface area (TPSA) is 83.1 Å². The van der Waals surface area contributed by atoms with Gasteiger partial charge < -0.3 is 4.98 Å². The molecule has 1 saturated heterocycles. The Morgan fingerprint density at radius 1 is 1.15 bits per heavy atom. The van der Waals surface area contributed by atoms with Crippen LogP contribution in [-0.2, 0) is 21.9 Å². The van der Waals surface area contributed by atoms with E-state index in [1.807, 2.05) is 6.07 Å². The molecule has 5 rings (SSSR count). The standard InChI is InChI=1S/C20H23N3O3S/c24-19-16-9-11-20(17(16)21-18(22-19)14-7-8-14)10-4-12-23(13-20)27(25,26)15-5-2-1-3-6-15/h1-3,5-6,14H,4,7-13H2,(H,21,22,24). The van der Waals surface area contributed by atoms with Crippen LogP contribution in [0.3, 0.4) is 0 Å². The molecule has 2 aromatic rings. The third-order valence-electron chi connectivity index (χ3n) is 6.28. The van der Waals surface area contributed by atoms with Crippen molar-refractivity contribution < 1.29 is 8.42 Å². The Morgan fingerprint density at radius 2 is 1.93 bits per heavy atom. The largest absolute Gasteiger partial charge is 0.310 e. The van der Waals surface area contributed by atoms with Gasteiger partial charge in [0.2, 0.25) is 10.0 Å². The Bertz CT molecular complexity index is 1040. The average Bonchev–Trinajstić information content (AvgIpc) is 3.48. The van der Waals surface area contributed by atoms with E-state index in [4.69, 9.17) is 4.98 Å². The Labute approximate surface area is 158 Å². The minimum Gasteiger partial charge on any atom is -0.310 e. The molecule has 2 fully saturated rings. The zero-order chi connectivity index (χ0) is 18.6. The second-order valence-electron chi connectivity index (χ2n) is 8.09. The Kier molecular flexibility index (Phi) is 3.81. The summed E-state index contributed by atoms with van der Waals surface area (Å²) >= 11 is 0. The molecule has 142 valence electrons. The summed E-state index contributed by atoms with van der Waals surface area (Å²) in [6, 6.07) is 8.61. The fourth-order valence-electron chi connectivity index (χ4n) is 4.65. The van der Waals surface area contributed by atoms with Gasteiger partial charge in [0.05, 0.1) is 10.6 Å². The molecule has 27 heavy (non-hydrogen) atoms. The quantitative estimate of drug-likeness (QED) is 0.879. The van der Waals surface area contributed by atoms with E-state index >= 15 is 0 Å². The minimum absolute atomic E-state index is 0.0261. The van der Waals surface area contributed by atoms with E-state index in [2.05, 4.69) is 4.98 Å². The summed E-state index contributed by atoms with van der Waals surface area (Å²) in [7, 11) is -3.53. The molecule has 2 aliphatic carbocycles. The highest BCUT2D eigenvalue weighted by atomic mass is 32.2. The number of hydrogen-bond donors (Lipinski definition) is 1. The Hall–Kier alpha value is -1.99. The van der Waals surface area contributed by atoms with Gasteiger partial charge >= 0.3 is 0 Å². The van der Waals surface area contributed by atoms with Gasteiger partial charge in [0.15, 0.2) is 0 Å². The van der Waals surface area contributed by atoms with E-state index in [1.165, 1.54) is 0 Å². The average molecular weight is 385 g/mol. The van der Waals surface area contributed by atoms with Crippen molar-refractivity contribution in [3.05, 3.63) is 57.8 Å². The number of sulfonamides is 1. The lowest BCUT2D eigenvalue weighted by molar-refractivity contribution is 0.219. The van der Waals surface area contributed by atoms with Gasteiger partial charge in [-0.05, 0) is 50.7 Å². The molecule has 2 heterocycles. The van der Waals surface area contributed by atoms with Crippen LogP contribution in [0.25, 0.3) is 0 Å². The number of H-pyrrole nitrogens is 1. The highest BCUT2D eigenvalue weighted by molar-refractivity contribution is 7.89. The normalized spacial score (nSPS) is 25.6. The van der Waals surface area contributed by atoms with Crippen molar-refractivity contribution in [3.8, 4) is 0 Å². The number of nitrogens with zero attached hydrogens (tertiary/aromatic N) is 2. The third-order valence-corrected chi connectivity index (χ3v) is 8.14. The zero-order valence-electron chi connectivity index (χ0n) is 15.1. The number of piperidine rings is 1. The molecule has 1 aliphatic heterocycles. The highest BCUT2D eigenvalue weighted by Gasteiger charge is 2.47. The van der Waals surface area contributed by atoms with E-state index in [0.29, 0.717) is 30.3 Å². The van der Waals surface area contributed by atoms with Crippen LogP contribution in [0.5, 0.6) is 0 Å². The van der Waals surface area contributed by atoms with Crippen LogP contribution >= 0.6 is 0 Å². The molecule has 1 aromatic heterocycles. The van der Waals surface area contributed by atoms with E-state index in [1.54, 1.807) is 28.6 Å². The molecule has 1 aromatic carbocycles. The minimum atomic E-state index is -3.53. The third kappa shape index (κ3) is 2.75. The lowest BCUT2D eigenvalue weighted by Gasteiger charge is -2.39. The van der Waals surface area contributed by atoms with Crippen LogP contribution in [0.2, 0.25) is 0 Å². The van der Waals surface area contributed by atoms with Crippen molar-refractivity contribution in [2.45, 2.75) is 54.8 Å². The molecule has 1 unspecified atom stereocenters. The Morgan fingerprint density at radius 3 is 2.67 bits per heavy atom.